The van der Waals surface area contributed by atoms with E-state index in [4.69, 9.17) is 0 Å². The van der Waals surface area contributed by atoms with Gasteiger partial charge >= 0.3 is 0 Å². The highest BCUT2D eigenvalue weighted by atomic mass is 14.0. The third-order valence-electron chi connectivity index (χ3n) is 2.59. The molecule has 1 rings (SSSR count). The van der Waals surface area contributed by atoms with Crippen LogP contribution >= 0.6 is 0 Å². The molecule has 0 amide bonds. The van der Waals surface area contributed by atoms with Gasteiger partial charge in [0.1, 0.15) is 0 Å². The first kappa shape index (κ1) is 11.2. The predicted molar refractivity (Wildman–Crippen MR) is 61.7 cm³/mol. The van der Waals surface area contributed by atoms with E-state index in [0.717, 1.165) is 12.8 Å². The zero-order valence-corrected chi connectivity index (χ0v) is 9.07. The largest absolute Gasteiger partial charge is 0.0891 e. The number of hydrogen-bond acceptors (Lipinski definition) is 0. The molecule has 0 radical (unpaired) electrons. The van der Waals surface area contributed by atoms with Gasteiger partial charge < -0.3 is 0 Å². The van der Waals surface area contributed by atoms with E-state index in [0.29, 0.717) is 0 Å². The first-order valence-corrected chi connectivity index (χ1v) is 5.96. The Morgan fingerprint density at radius 3 is 1.21 bits per heavy atom. The fraction of sp³-hybridized carbons (Fsp3) is 0.714. The predicted octanol–water partition coefficient (Wildman–Crippen LogP) is 3.91. The summed E-state index contributed by atoms with van der Waals surface area (Å²) in [4.78, 5) is 0. The molecule has 0 atom stereocenters. The smallest absolute Gasteiger partial charge is 0.00989 e. The molecule has 0 nitrogen and oxygen atoms in total. The fourth-order valence-electron chi connectivity index (χ4n) is 1.70. The molecule has 0 aromatic carbocycles. The zero-order valence-electron chi connectivity index (χ0n) is 9.07. The minimum Gasteiger partial charge on any atom is -0.0891 e. The second-order valence-electron chi connectivity index (χ2n) is 3.93. The molecule has 0 saturated heterocycles. The van der Waals surface area contributed by atoms with Gasteiger partial charge in [0.25, 0.3) is 0 Å². The van der Waals surface area contributed by atoms with Gasteiger partial charge in [0.2, 0.25) is 0 Å². The van der Waals surface area contributed by atoms with Crippen LogP contribution < -0.4 is 0 Å². The van der Waals surface area contributed by atoms with Gasteiger partial charge in [-0.15, -0.1) is 0 Å². The maximum Gasteiger partial charge on any atom is 0.00989 e. The molecule has 0 fully saturated rings. The van der Waals surface area contributed by atoms with Gasteiger partial charge in [0, 0.05) is 12.8 Å². The van der Waals surface area contributed by atoms with Crippen molar-refractivity contribution in [2.24, 2.45) is 0 Å². The Morgan fingerprint density at radius 2 is 0.786 bits per heavy atom. The molecule has 0 unspecified atom stereocenters. The third-order valence-corrected chi connectivity index (χ3v) is 2.59. The topological polar surface area (TPSA) is 0 Å². The monoisotopic (exact) mass is 188 g/mol. The molecular weight excluding hydrogens is 168 g/mol. The van der Waals surface area contributed by atoms with Crippen LogP contribution in [0.25, 0.3) is 0 Å². The summed E-state index contributed by atoms with van der Waals surface area (Å²) in [6.07, 6.45) is 12.9. The molecule has 0 bridgehead atoms. The van der Waals surface area contributed by atoms with Crippen LogP contribution in [0, 0.1) is 23.7 Å². The summed E-state index contributed by atoms with van der Waals surface area (Å²) in [7, 11) is 0. The normalized spacial score (nSPS) is 19.4. The van der Waals surface area contributed by atoms with Gasteiger partial charge in [-0.05, 0) is 24.7 Å². The Balaban J connectivity index is 2.24. The summed E-state index contributed by atoms with van der Waals surface area (Å²) in [5.74, 6) is 12.1. The molecule has 0 heterocycles. The Kier molecular flexibility index (Phi) is 6.96. The van der Waals surface area contributed by atoms with Crippen molar-refractivity contribution in [1.29, 1.82) is 0 Å². The van der Waals surface area contributed by atoms with E-state index in [-0.39, 0.29) is 0 Å². The molecule has 0 aromatic heterocycles. The first-order valence-electron chi connectivity index (χ1n) is 5.96. The summed E-state index contributed by atoms with van der Waals surface area (Å²) in [6.45, 7) is 0. The van der Waals surface area contributed by atoms with Crippen molar-refractivity contribution in [3.8, 4) is 23.7 Å². The van der Waals surface area contributed by atoms with E-state index < -0.39 is 0 Å². The quantitative estimate of drug-likeness (QED) is 0.506. The molecular formula is C14H20. The van der Waals surface area contributed by atoms with Crippen molar-refractivity contribution < 1.29 is 0 Å². The maximum atomic E-state index is 3.12. The first-order chi connectivity index (χ1) is 7.00. The van der Waals surface area contributed by atoms with Gasteiger partial charge in [-0.1, -0.05) is 50.4 Å². The van der Waals surface area contributed by atoms with Crippen LogP contribution in [-0.4, -0.2) is 0 Å². The van der Waals surface area contributed by atoms with E-state index in [1.165, 1.54) is 51.4 Å². The summed E-state index contributed by atoms with van der Waals surface area (Å²) in [6, 6.07) is 0. The fourth-order valence-corrected chi connectivity index (χ4v) is 1.70. The van der Waals surface area contributed by atoms with Gasteiger partial charge in [0.15, 0.2) is 0 Å². The van der Waals surface area contributed by atoms with E-state index in [1.54, 1.807) is 0 Å². The lowest BCUT2D eigenvalue weighted by atomic mass is 10.1. The van der Waals surface area contributed by atoms with E-state index in [9.17, 15) is 0 Å². The summed E-state index contributed by atoms with van der Waals surface area (Å²) >= 11 is 0. The highest BCUT2D eigenvalue weighted by Gasteiger charge is 1.91. The Bertz CT molecular complexity index is 213. The SMILES string of the molecule is C1#CCCCCCCCCCCC#C1. The number of rotatable bonds is 0. The molecule has 1 aliphatic carbocycles. The molecule has 0 N–H and O–H groups in total. The van der Waals surface area contributed by atoms with Crippen LogP contribution in [0.4, 0.5) is 0 Å². The molecule has 76 valence electrons. The van der Waals surface area contributed by atoms with Gasteiger partial charge in [0.05, 0.1) is 0 Å². The average Bonchev–Trinajstić information content (AvgIpc) is 2.22. The lowest BCUT2D eigenvalue weighted by molar-refractivity contribution is 0.573. The lowest BCUT2D eigenvalue weighted by Crippen LogP contribution is -1.81. The van der Waals surface area contributed by atoms with Crippen LogP contribution in [0.1, 0.15) is 64.2 Å². The Hall–Kier alpha value is -0.880. The van der Waals surface area contributed by atoms with Crippen molar-refractivity contribution in [2.75, 3.05) is 0 Å². The van der Waals surface area contributed by atoms with E-state index in [2.05, 4.69) is 23.7 Å². The van der Waals surface area contributed by atoms with Crippen molar-refractivity contribution in [3.63, 3.8) is 0 Å². The number of hydrogen-bond donors (Lipinski definition) is 0. The molecule has 0 spiro atoms. The van der Waals surface area contributed by atoms with Gasteiger partial charge in [-0.3, -0.25) is 0 Å². The van der Waals surface area contributed by atoms with Crippen molar-refractivity contribution in [2.45, 2.75) is 64.2 Å². The summed E-state index contributed by atoms with van der Waals surface area (Å²) in [5, 5.41) is 0. The molecule has 0 aliphatic heterocycles. The highest BCUT2D eigenvalue weighted by molar-refractivity contribution is 5.25. The molecule has 0 saturated carbocycles. The third kappa shape index (κ3) is 6.62. The average molecular weight is 188 g/mol. The van der Waals surface area contributed by atoms with Crippen LogP contribution in [0.15, 0.2) is 0 Å². The molecule has 14 heavy (non-hydrogen) atoms. The van der Waals surface area contributed by atoms with Gasteiger partial charge in [-0.2, -0.15) is 0 Å². The zero-order chi connectivity index (χ0) is 9.90. The Morgan fingerprint density at radius 1 is 0.429 bits per heavy atom. The second-order valence-corrected chi connectivity index (χ2v) is 3.93. The summed E-state index contributed by atoms with van der Waals surface area (Å²) < 4.78 is 0. The maximum absolute atomic E-state index is 3.12. The molecule has 0 aromatic rings. The van der Waals surface area contributed by atoms with Crippen molar-refractivity contribution in [3.05, 3.63) is 0 Å². The van der Waals surface area contributed by atoms with E-state index in [1.807, 2.05) is 0 Å². The molecule has 0 heteroatoms. The standard InChI is InChI=1S/C14H20/c1-2-4-6-8-10-12-14-13-11-9-7-5-3-1/h1-10H2. The highest BCUT2D eigenvalue weighted by Crippen LogP contribution is 2.10. The van der Waals surface area contributed by atoms with Gasteiger partial charge in [-0.25, -0.2) is 0 Å². The molecule has 1 aliphatic rings. The minimum absolute atomic E-state index is 1.04. The Labute approximate surface area is 88.5 Å². The summed E-state index contributed by atoms with van der Waals surface area (Å²) in [5.41, 5.74) is 0. The lowest BCUT2D eigenvalue weighted by Gasteiger charge is -2.00. The van der Waals surface area contributed by atoms with E-state index >= 15 is 0 Å². The van der Waals surface area contributed by atoms with Crippen LogP contribution in [0.2, 0.25) is 0 Å². The van der Waals surface area contributed by atoms with Crippen LogP contribution in [-0.2, 0) is 0 Å². The van der Waals surface area contributed by atoms with Crippen LogP contribution in [0.3, 0.4) is 0 Å². The second kappa shape index (κ2) is 8.71. The van der Waals surface area contributed by atoms with Crippen LogP contribution in [0.5, 0.6) is 0 Å². The minimum atomic E-state index is 1.04. The van der Waals surface area contributed by atoms with Crippen molar-refractivity contribution in [1.82, 2.24) is 0 Å². The van der Waals surface area contributed by atoms with Crippen molar-refractivity contribution >= 4 is 0 Å².